The third-order valence-corrected chi connectivity index (χ3v) is 4.30. The molecule has 0 bridgehead atoms. The van der Waals surface area contributed by atoms with Crippen molar-refractivity contribution in [2.75, 3.05) is 20.1 Å². The fourth-order valence-electron chi connectivity index (χ4n) is 2.50. The van der Waals surface area contributed by atoms with Gasteiger partial charge in [-0.25, -0.2) is 0 Å². The molecule has 1 aliphatic heterocycles. The molecule has 1 aromatic carbocycles. The average Bonchev–Trinajstić information content (AvgIpc) is 3.04. The first kappa shape index (κ1) is 13.6. The van der Waals surface area contributed by atoms with E-state index in [4.69, 9.17) is 4.42 Å². The van der Waals surface area contributed by atoms with Crippen molar-refractivity contribution in [3.8, 4) is 0 Å². The Labute approximate surface area is 124 Å². The lowest BCUT2D eigenvalue weighted by Crippen LogP contribution is -2.44. The van der Waals surface area contributed by atoms with Crippen molar-refractivity contribution in [2.24, 2.45) is 0 Å². The minimum atomic E-state index is -0.542. The van der Waals surface area contributed by atoms with Crippen LogP contribution in [0, 0.1) is 0 Å². The number of rotatable bonds is 2. The second kappa shape index (κ2) is 5.20. The van der Waals surface area contributed by atoms with Crippen LogP contribution in [0.15, 0.2) is 33.2 Å². The van der Waals surface area contributed by atoms with Crippen LogP contribution in [0.2, 0.25) is 0 Å². The molecule has 6 heteroatoms. The maximum Gasteiger partial charge on any atom is 0.289 e. The third kappa shape index (κ3) is 2.24. The van der Waals surface area contributed by atoms with Crippen LogP contribution in [0.5, 0.6) is 0 Å². The molecule has 1 saturated heterocycles. The zero-order valence-electron chi connectivity index (χ0n) is 11.0. The fraction of sp³-hybridized carbons (Fsp3) is 0.357. The van der Waals surface area contributed by atoms with E-state index in [9.17, 15) is 9.90 Å². The SMILES string of the molecule is CN(C(=O)c1cc2cccc(Br)c2o1)[C@@H]1CNC[C@H]1O. The van der Waals surface area contributed by atoms with Crippen LogP contribution < -0.4 is 5.32 Å². The van der Waals surface area contributed by atoms with Crippen LogP contribution in [0.1, 0.15) is 10.6 Å². The molecular weight excluding hydrogens is 324 g/mol. The van der Waals surface area contributed by atoms with E-state index >= 15 is 0 Å². The standard InChI is InChI=1S/C14H15BrN2O3/c1-17(10-6-16-7-11(10)18)14(19)12-5-8-3-2-4-9(15)13(8)20-12/h2-5,10-11,16,18H,6-7H2,1H3/t10-,11-/m1/s1. The van der Waals surface area contributed by atoms with E-state index < -0.39 is 6.10 Å². The minimum absolute atomic E-state index is 0.221. The van der Waals surface area contributed by atoms with Crippen molar-refractivity contribution in [3.05, 3.63) is 34.5 Å². The normalized spacial score (nSPS) is 22.4. The summed E-state index contributed by atoms with van der Waals surface area (Å²) in [6.07, 6.45) is -0.542. The number of fused-ring (bicyclic) bond motifs is 1. The highest BCUT2D eigenvalue weighted by atomic mass is 79.9. The smallest absolute Gasteiger partial charge is 0.289 e. The molecule has 1 fully saturated rings. The summed E-state index contributed by atoms with van der Waals surface area (Å²) in [7, 11) is 1.69. The molecule has 2 N–H and O–H groups in total. The monoisotopic (exact) mass is 338 g/mol. The molecular formula is C14H15BrN2O3. The highest BCUT2D eigenvalue weighted by Crippen LogP contribution is 2.27. The predicted molar refractivity (Wildman–Crippen MR) is 78.7 cm³/mol. The topological polar surface area (TPSA) is 65.7 Å². The highest BCUT2D eigenvalue weighted by molar-refractivity contribution is 9.10. The number of amides is 1. The fourth-order valence-corrected chi connectivity index (χ4v) is 2.97. The van der Waals surface area contributed by atoms with E-state index in [0.29, 0.717) is 18.7 Å². The second-order valence-corrected chi connectivity index (χ2v) is 5.83. The Hall–Kier alpha value is -1.37. The van der Waals surface area contributed by atoms with Crippen molar-refractivity contribution < 1.29 is 14.3 Å². The van der Waals surface area contributed by atoms with E-state index in [1.165, 1.54) is 4.90 Å². The first-order chi connectivity index (χ1) is 9.58. The number of carbonyl (C=O) groups is 1. The number of nitrogens with one attached hydrogen (secondary N) is 1. The zero-order valence-corrected chi connectivity index (χ0v) is 12.6. The van der Waals surface area contributed by atoms with Crippen LogP contribution in [0.4, 0.5) is 0 Å². The van der Waals surface area contributed by atoms with Gasteiger partial charge < -0.3 is 19.7 Å². The minimum Gasteiger partial charge on any atom is -0.450 e. The number of likely N-dealkylation sites (N-methyl/N-ethyl adjacent to an activating group) is 1. The van der Waals surface area contributed by atoms with Gasteiger partial charge in [-0.05, 0) is 28.1 Å². The number of benzene rings is 1. The molecule has 1 aromatic heterocycles. The first-order valence-corrected chi connectivity index (χ1v) is 7.21. The molecule has 0 saturated carbocycles. The van der Waals surface area contributed by atoms with Crippen LogP contribution >= 0.6 is 15.9 Å². The summed E-state index contributed by atoms with van der Waals surface area (Å²) in [6.45, 7) is 1.10. The van der Waals surface area contributed by atoms with Gasteiger partial charge in [0.2, 0.25) is 0 Å². The highest BCUT2D eigenvalue weighted by Gasteiger charge is 2.32. The number of nitrogens with zero attached hydrogens (tertiary/aromatic N) is 1. The summed E-state index contributed by atoms with van der Waals surface area (Å²) in [5.74, 6) is 0.0642. The zero-order chi connectivity index (χ0) is 14.3. The van der Waals surface area contributed by atoms with E-state index in [-0.39, 0.29) is 17.7 Å². The Morgan fingerprint density at radius 3 is 2.95 bits per heavy atom. The Morgan fingerprint density at radius 2 is 2.30 bits per heavy atom. The summed E-state index contributed by atoms with van der Waals surface area (Å²) < 4.78 is 6.46. The number of carbonyl (C=O) groups excluding carboxylic acids is 1. The van der Waals surface area contributed by atoms with Gasteiger partial charge in [-0.3, -0.25) is 4.79 Å². The summed E-state index contributed by atoms with van der Waals surface area (Å²) in [5.41, 5.74) is 0.661. The van der Waals surface area contributed by atoms with Crippen LogP contribution in [0.25, 0.3) is 11.0 Å². The lowest BCUT2D eigenvalue weighted by Gasteiger charge is -2.25. The molecule has 0 aliphatic carbocycles. The third-order valence-electron chi connectivity index (χ3n) is 3.68. The van der Waals surface area contributed by atoms with Gasteiger partial charge in [-0.15, -0.1) is 0 Å². The maximum atomic E-state index is 12.4. The summed E-state index contributed by atoms with van der Waals surface area (Å²) >= 11 is 3.40. The first-order valence-electron chi connectivity index (χ1n) is 6.42. The van der Waals surface area contributed by atoms with Gasteiger partial charge in [0, 0.05) is 25.5 Å². The lowest BCUT2D eigenvalue weighted by molar-refractivity contribution is 0.0555. The van der Waals surface area contributed by atoms with Crippen LogP contribution in [0.3, 0.4) is 0 Å². The average molecular weight is 339 g/mol. The van der Waals surface area contributed by atoms with E-state index in [0.717, 1.165) is 9.86 Å². The van der Waals surface area contributed by atoms with Gasteiger partial charge in [0.05, 0.1) is 16.6 Å². The lowest BCUT2D eigenvalue weighted by atomic mass is 10.2. The van der Waals surface area contributed by atoms with Crippen LogP contribution in [-0.4, -0.2) is 48.2 Å². The van der Waals surface area contributed by atoms with Gasteiger partial charge in [-0.1, -0.05) is 12.1 Å². The Balaban J connectivity index is 1.90. The van der Waals surface area contributed by atoms with Gasteiger partial charge in [-0.2, -0.15) is 0 Å². The quantitative estimate of drug-likeness (QED) is 0.872. The maximum absolute atomic E-state index is 12.4. The number of aliphatic hydroxyl groups is 1. The van der Waals surface area contributed by atoms with Crippen molar-refractivity contribution in [1.29, 1.82) is 0 Å². The molecule has 1 amide bonds. The number of aliphatic hydroxyl groups excluding tert-OH is 1. The van der Waals surface area contributed by atoms with Crippen molar-refractivity contribution in [3.63, 3.8) is 0 Å². The molecule has 0 unspecified atom stereocenters. The van der Waals surface area contributed by atoms with Gasteiger partial charge in [0.25, 0.3) is 5.91 Å². The van der Waals surface area contributed by atoms with E-state index in [1.54, 1.807) is 13.1 Å². The molecule has 0 spiro atoms. The van der Waals surface area contributed by atoms with Gasteiger partial charge in [0.1, 0.15) is 5.58 Å². The number of β-amino-alcohol motifs (C(OH)–C–C–N with tert-alkyl or cyclic N) is 1. The molecule has 2 heterocycles. The van der Waals surface area contributed by atoms with Crippen molar-refractivity contribution in [1.82, 2.24) is 10.2 Å². The number of hydrogen-bond donors (Lipinski definition) is 2. The van der Waals surface area contributed by atoms with Gasteiger partial charge in [0.15, 0.2) is 5.76 Å². The largest absolute Gasteiger partial charge is 0.450 e. The molecule has 20 heavy (non-hydrogen) atoms. The van der Waals surface area contributed by atoms with Crippen molar-refractivity contribution >= 4 is 32.8 Å². The molecule has 1 aliphatic rings. The number of hydrogen-bond acceptors (Lipinski definition) is 4. The summed E-state index contributed by atoms with van der Waals surface area (Å²) in [6, 6.07) is 7.16. The Bertz CT molecular complexity index is 655. The molecule has 3 rings (SSSR count). The molecule has 2 aromatic rings. The molecule has 106 valence electrons. The van der Waals surface area contributed by atoms with E-state index in [1.807, 2.05) is 18.2 Å². The van der Waals surface area contributed by atoms with Gasteiger partial charge >= 0.3 is 0 Å². The number of furan rings is 1. The van der Waals surface area contributed by atoms with Crippen molar-refractivity contribution in [2.45, 2.75) is 12.1 Å². The second-order valence-electron chi connectivity index (χ2n) is 4.98. The summed E-state index contributed by atoms with van der Waals surface area (Å²) in [5, 5.41) is 13.8. The molecule has 5 nitrogen and oxygen atoms in total. The Kier molecular flexibility index (Phi) is 3.54. The number of para-hydroxylation sites is 1. The molecule has 0 radical (unpaired) electrons. The summed E-state index contributed by atoms with van der Waals surface area (Å²) in [4.78, 5) is 14.0. The predicted octanol–water partition coefficient (Wildman–Crippen LogP) is 1.60. The van der Waals surface area contributed by atoms with E-state index in [2.05, 4.69) is 21.2 Å². The number of halogens is 1. The van der Waals surface area contributed by atoms with Crippen LogP contribution in [-0.2, 0) is 0 Å². The Morgan fingerprint density at radius 1 is 1.50 bits per heavy atom. The molecule has 2 atom stereocenters.